The fourth-order valence-corrected chi connectivity index (χ4v) is 2.24. The van der Waals surface area contributed by atoms with Gasteiger partial charge in [-0.3, -0.25) is 4.79 Å². The summed E-state index contributed by atoms with van der Waals surface area (Å²) in [7, 11) is 0. The summed E-state index contributed by atoms with van der Waals surface area (Å²) >= 11 is 0. The molecule has 2 aromatic carbocycles. The second-order valence-electron chi connectivity index (χ2n) is 5.51. The molecule has 0 saturated carbocycles. The van der Waals surface area contributed by atoms with Crippen LogP contribution in [0.5, 0.6) is 17.2 Å². The summed E-state index contributed by atoms with van der Waals surface area (Å²) in [6, 6.07) is 7.16. The lowest BCUT2D eigenvalue weighted by atomic mass is 10.0. The Morgan fingerprint density at radius 1 is 1.00 bits per heavy atom. The molecule has 0 aliphatic rings. The first-order valence-electron chi connectivity index (χ1n) is 7.36. The maximum Gasteiger partial charge on any atom is 0.330 e. The van der Waals surface area contributed by atoms with Gasteiger partial charge in [0.25, 0.3) is 0 Å². The lowest BCUT2D eigenvalue weighted by Gasteiger charge is -2.18. The number of nitrogens with one attached hydrogen (secondary N) is 1. The molecule has 25 heavy (non-hydrogen) atoms. The number of carboxylic acids is 1. The molecule has 0 heterocycles. The van der Waals surface area contributed by atoms with Gasteiger partial charge in [-0.05, 0) is 41.8 Å². The van der Waals surface area contributed by atoms with E-state index in [1.807, 2.05) is 0 Å². The number of aliphatic carboxylic acids is 1. The van der Waals surface area contributed by atoms with E-state index in [1.165, 1.54) is 18.2 Å². The number of aromatic hydroxyl groups is 3. The summed E-state index contributed by atoms with van der Waals surface area (Å²) < 4.78 is 0. The van der Waals surface area contributed by atoms with E-state index in [0.717, 1.165) is 12.1 Å². The highest BCUT2D eigenvalue weighted by Gasteiger charge is 2.25. The fourth-order valence-electron chi connectivity index (χ4n) is 2.24. The number of carbonyl (C=O) groups is 2. The third-order valence-electron chi connectivity index (χ3n) is 3.60. The molecular weight excluding hydrogens is 328 g/mol. The molecule has 0 bridgehead atoms. The molecule has 8 nitrogen and oxygen atoms in total. The zero-order chi connectivity index (χ0) is 18.6. The lowest BCUT2D eigenvalue weighted by molar-refractivity contribution is -0.142. The van der Waals surface area contributed by atoms with Crippen LogP contribution in [0.4, 0.5) is 0 Å². The molecule has 8 heteroatoms. The second-order valence-corrected chi connectivity index (χ2v) is 5.51. The second kappa shape index (κ2) is 7.54. The molecule has 0 unspecified atom stereocenters. The van der Waals surface area contributed by atoms with E-state index < -0.39 is 35.5 Å². The standard InChI is InChI=1S/C17H18N2O6/c18-12(7-9-1-4-11(20)5-2-9)16(23)19-15(17(24)25)10-3-6-13(21)14(22)8-10/h1-6,8,12,15,20-22H,7,18H2,(H,19,23)(H,24,25)/t12-,15-/m0/s1. The zero-order valence-electron chi connectivity index (χ0n) is 13.1. The molecule has 0 aliphatic heterocycles. The first-order valence-corrected chi connectivity index (χ1v) is 7.36. The molecule has 1 amide bonds. The van der Waals surface area contributed by atoms with Crippen LogP contribution in [-0.4, -0.2) is 38.3 Å². The summed E-state index contributed by atoms with van der Waals surface area (Å²) in [6.45, 7) is 0. The van der Waals surface area contributed by atoms with Gasteiger partial charge in [0.15, 0.2) is 17.5 Å². The highest BCUT2D eigenvalue weighted by atomic mass is 16.4. The average molecular weight is 346 g/mol. The number of hydrogen-bond acceptors (Lipinski definition) is 6. The molecule has 0 fully saturated rings. The third kappa shape index (κ3) is 4.61. The molecule has 0 aliphatic carbocycles. The largest absolute Gasteiger partial charge is 0.508 e. The molecular formula is C17H18N2O6. The van der Waals surface area contributed by atoms with E-state index in [-0.39, 0.29) is 17.7 Å². The summed E-state index contributed by atoms with van der Waals surface area (Å²) in [5.74, 6) is -2.84. The van der Waals surface area contributed by atoms with Crippen molar-refractivity contribution in [3.8, 4) is 17.2 Å². The Bertz CT molecular complexity index is 775. The van der Waals surface area contributed by atoms with Crippen molar-refractivity contribution >= 4 is 11.9 Å². The Morgan fingerprint density at radius 3 is 2.20 bits per heavy atom. The van der Waals surface area contributed by atoms with Crippen LogP contribution in [0.1, 0.15) is 17.2 Å². The number of amides is 1. The topological polar surface area (TPSA) is 153 Å². The minimum atomic E-state index is -1.43. The number of rotatable bonds is 6. The van der Waals surface area contributed by atoms with Gasteiger partial charge in [-0.2, -0.15) is 0 Å². The molecule has 2 rings (SSSR count). The van der Waals surface area contributed by atoms with Crippen LogP contribution in [-0.2, 0) is 16.0 Å². The van der Waals surface area contributed by atoms with Gasteiger partial charge < -0.3 is 31.5 Å². The van der Waals surface area contributed by atoms with Crippen molar-refractivity contribution in [1.82, 2.24) is 5.32 Å². The monoisotopic (exact) mass is 346 g/mol. The number of phenolic OH excluding ortho intramolecular Hbond substituents is 3. The van der Waals surface area contributed by atoms with Crippen LogP contribution in [0.25, 0.3) is 0 Å². The Labute approximate surface area is 143 Å². The van der Waals surface area contributed by atoms with E-state index in [9.17, 15) is 30.0 Å². The van der Waals surface area contributed by atoms with Crippen molar-refractivity contribution < 1.29 is 30.0 Å². The van der Waals surface area contributed by atoms with E-state index in [0.29, 0.717) is 5.56 Å². The van der Waals surface area contributed by atoms with Gasteiger partial charge in [-0.25, -0.2) is 4.79 Å². The minimum absolute atomic E-state index is 0.0832. The van der Waals surface area contributed by atoms with Gasteiger partial charge in [0.1, 0.15) is 5.75 Å². The molecule has 132 valence electrons. The van der Waals surface area contributed by atoms with E-state index in [1.54, 1.807) is 12.1 Å². The molecule has 2 atom stereocenters. The number of nitrogens with two attached hydrogens (primary N) is 1. The van der Waals surface area contributed by atoms with Crippen molar-refractivity contribution in [2.45, 2.75) is 18.5 Å². The third-order valence-corrected chi connectivity index (χ3v) is 3.60. The van der Waals surface area contributed by atoms with Crippen LogP contribution in [0.3, 0.4) is 0 Å². The van der Waals surface area contributed by atoms with E-state index >= 15 is 0 Å². The Balaban J connectivity index is 2.10. The SMILES string of the molecule is N[C@@H](Cc1ccc(O)cc1)C(=O)N[C@H](C(=O)O)c1ccc(O)c(O)c1. The van der Waals surface area contributed by atoms with Gasteiger partial charge in [-0.15, -0.1) is 0 Å². The van der Waals surface area contributed by atoms with Crippen LogP contribution < -0.4 is 11.1 Å². The Hall–Kier alpha value is -3.26. The quantitative estimate of drug-likeness (QED) is 0.419. The number of phenols is 3. The van der Waals surface area contributed by atoms with Crippen molar-refractivity contribution in [1.29, 1.82) is 0 Å². The van der Waals surface area contributed by atoms with Crippen LogP contribution >= 0.6 is 0 Å². The summed E-state index contributed by atoms with van der Waals surface area (Å²) in [5, 5.41) is 39.6. The van der Waals surface area contributed by atoms with Gasteiger partial charge in [0.2, 0.25) is 5.91 Å². The predicted molar refractivity (Wildman–Crippen MR) is 88.1 cm³/mol. The molecule has 0 spiro atoms. The van der Waals surface area contributed by atoms with Crippen LogP contribution in [0.2, 0.25) is 0 Å². The molecule has 0 saturated heterocycles. The fraction of sp³-hybridized carbons (Fsp3) is 0.176. The smallest absolute Gasteiger partial charge is 0.330 e. The van der Waals surface area contributed by atoms with Crippen molar-refractivity contribution in [3.05, 3.63) is 53.6 Å². The first kappa shape index (κ1) is 18.1. The maximum atomic E-state index is 12.2. The number of carbonyl (C=O) groups excluding carboxylic acids is 1. The van der Waals surface area contributed by atoms with Gasteiger partial charge in [0, 0.05) is 0 Å². The predicted octanol–water partition coefficient (Wildman–Crippen LogP) is 0.615. The molecule has 0 radical (unpaired) electrons. The van der Waals surface area contributed by atoms with Gasteiger partial charge in [-0.1, -0.05) is 18.2 Å². The molecule has 7 N–H and O–H groups in total. The Morgan fingerprint density at radius 2 is 1.64 bits per heavy atom. The van der Waals surface area contributed by atoms with Gasteiger partial charge >= 0.3 is 5.97 Å². The molecule has 0 aromatic heterocycles. The highest BCUT2D eigenvalue weighted by Crippen LogP contribution is 2.28. The Kier molecular flexibility index (Phi) is 5.45. The van der Waals surface area contributed by atoms with Gasteiger partial charge in [0.05, 0.1) is 6.04 Å². The lowest BCUT2D eigenvalue weighted by Crippen LogP contribution is -2.45. The van der Waals surface area contributed by atoms with E-state index in [4.69, 9.17) is 5.73 Å². The number of benzene rings is 2. The number of carboxylic acid groups (broad SMARTS) is 1. The van der Waals surface area contributed by atoms with Crippen LogP contribution in [0, 0.1) is 0 Å². The maximum absolute atomic E-state index is 12.2. The minimum Gasteiger partial charge on any atom is -0.508 e. The summed E-state index contributed by atoms with van der Waals surface area (Å²) in [6.07, 6.45) is 0.152. The summed E-state index contributed by atoms with van der Waals surface area (Å²) in [5.41, 5.74) is 6.61. The first-order chi connectivity index (χ1) is 11.8. The van der Waals surface area contributed by atoms with Crippen molar-refractivity contribution in [3.63, 3.8) is 0 Å². The highest BCUT2D eigenvalue weighted by molar-refractivity contribution is 5.87. The van der Waals surface area contributed by atoms with Crippen molar-refractivity contribution in [2.75, 3.05) is 0 Å². The normalized spacial score (nSPS) is 13.0. The van der Waals surface area contributed by atoms with Crippen LogP contribution in [0.15, 0.2) is 42.5 Å². The summed E-state index contributed by atoms with van der Waals surface area (Å²) in [4.78, 5) is 23.6. The molecule has 2 aromatic rings. The zero-order valence-corrected chi connectivity index (χ0v) is 13.1. The average Bonchev–Trinajstić information content (AvgIpc) is 2.56. The van der Waals surface area contributed by atoms with Crippen molar-refractivity contribution in [2.24, 2.45) is 5.73 Å². The van der Waals surface area contributed by atoms with E-state index in [2.05, 4.69) is 5.32 Å². The number of hydrogen-bond donors (Lipinski definition) is 6.